The van der Waals surface area contributed by atoms with Crippen molar-refractivity contribution in [2.75, 3.05) is 0 Å². The zero-order valence-electron chi connectivity index (χ0n) is 36.4. The smallest absolute Gasteiger partial charge is 0.407 e. The Morgan fingerprint density at radius 2 is 0.783 bits per heavy atom. The molecule has 2 aliphatic rings. The molecule has 0 aliphatic carbocycles. The van der Waals surface area contributed by atoms with E-state index in [0.717, 1.165) is 43.8 Å². The molecule has 6 aromatic carbocycles. The molecular formula is C50H52O8P2. The average molecular weight is 843 g/mol. The van der Waals surface area contributed by atoms with Crippen LogP contribution < -0.4 is 18.1 Å². The summed E-state index contributed by atoms with van der Waals surface area (Å²) < 4.78 is 39.1. The summed E-state index contributed by atoms with van der Waals surface area (Å²) in [5.74, 6) is 0.833. The van der Waals surface area contributed by atoms with E-state index in [4.69, 9.17) is 27.1 Å². The minimum atomic E-state index is -2.27. The molecule has 10 heteroatoms. The molecule has 0 bridgehead atoms. The minimum Gasteiger partial charge on any atom is -0.407 e. The highest BCUT2D eigenvalue weighted by atomic mass is 31.2. The quantitative estimate of drug-likeness (QED) is 0.159. The second-order valence-electron chi connectivity index (χ2n) is 19.7. The number of benzene rings is 6. The van der Waals surface area contributed by atoms with Crippen molar-refractivity contribution >= 4 is 50.7 Å². The van der Waals surface area contributed by atoms with Gasteiger partial charge in [-0.15, -0.1) is 0 Å². The molecule has 310 valence electrons. The molecular weight excluding hydrogens is 790 g/mol. The van der Waals surface area contributed by atoms with Gasteiger partial charge in [-0.25, -0.2) is 9.59 Å². The lowest BCUT2D eigenvalue weighted by Crippen LogP contribution is -2.21. The highest BCUT2D eigenvalue weighted by Gasteiger charge is 2.40. The molecule has 0 fully saturated rings. The van der Waals surface area contributed by atoms with Gasteiger partial charge in [-0.2, -0.15) is 0 Å². The normalized spacial score (nSPS) is 16.9. The third-order valence-corrected chi connectivity index (χ3v) is 12.9. The summed E-state index contributed by atoms with van der Waals surface area (Å²) in [6.07, 6.45) is 0. The minimum absolute atomic E-state index is 0.281. The molecule has 0 spiro atoms. The summed E-state index contributed by atoms with van der Waals surface area (Å²) in [6.45, 7) is 25.9. The predicted molar refractivity (Wildman–Crippen MR) is 242 cm³/mol. The molecule has 2 unspecified atom stereocenters. The second-order valence-corrected chi connectivity index (χ2v) is 21.7. The first kappa shape index (κ1) is 41.6. The van der Waals surface area contributed by atoms with Gasteiger partial charge in [0.15, 0.2) is 11.5 Å². The third kappa shape index (κ3) is 7.81. The van der Waals surface area contributed by atoms with Crippen LogP contribution in [-0.4, -0.2) is 11.9 Å². The van der Waals surface area contributed by atoms with Crippen LogP contribution in [0.2, 0.25) is 0 Å². The van der Waals surface area contributed by atoms with Crippen molar-refractivity contribution in [3.8, 4) is 34.1 Å². The van der Waals surface area contributed by atoms with Gasteiger partial charge in [0.05, 0.1) is 0 Å². The first-order valence-electron chi connectivity index (χ1n) is 20.3. The number of carbonyl (C=O) groups is 2. The molecule has 0 saturated carbocycles. The number of rotatable bonds is 5. The Hall–Kier alpha value is -5.16. The molecule has 2 aliphatic heterocycles. The highest BCUT2D eigenvalue weighted by Crippen LogP contribution is 2.58. The van der Waals surface area contributed by atoms with Crippen molar-refractivity contribution < 1.29 is 36.7 Å². The predicted octanol–water partition coefficient (Wildman–Crippen LogP) is 14.6. The van der Waals surface area contributed by atoms with E-state index in [1.54, 1.807) is 12.1 Å². The van der Waals surface area contributed by atoms with Crippen molar-refractivity contribution in [2.24, 2.45) is 0 Å². The van der Waals surface area contributed by atoms with Crippen molar-refractivity contribution in [1.29, 1.82) is 0 Å². The second kappa shape index (κ2) is 14.8. The van der Waals surface area contributed by atoms with Crippen molar-refractivity contribution in [1.82, 2.24) is 0 Å². The zero-order valence-corrected chi connectivity index (χ0v) is 38.2. The van der Waals surface area contributed by atoms with Crippen molar-refractivity contribution in [2.45, 2.75) is 105 Å². The van der Waals surface area contributed by atoms with E-state index in [0.29, 0.717) is 45.3 Å². The summed E-state index contributed by atoms with van der Waals surface area (Å²) in [5.41, 5.74) is 4.59. The molecule has 8 nitrogen and oxygen atoms in total. The van der Waals surface area contributed by atoms with Gasteiger partial charge < -0.3 is 27.1 Å². The van der Waals surface area contributed by atoms with Crippen LogP contribution in [-0.2, 0) is 30.7 Å². The van der Waals surface area contributed by atoms with Gasteiger partial charge in [0.1, 0.15) is 22.6 Å². The summed E-state index contributed by atoms with van der Waals surface area (Å²) in [5, 5.41) is 3.46. The summed E-state index contributed by atoms with van der Waals surface area (Å²) in [7, 11) is -4.55. The fourth-order valence-corrected chi connectivity index (χ4v) is 9.56. The lowest BCUT2D eigenvalue weighted by molar-refractivity contribution is 0.0686. The first-order valence-corrected chi connectivity index (χ1v) is 22.5. The fourth-order valence-electron chi connectivity index (χ4n) is 7.48. The Morgan fingerprint density at radius 3 is 1.13 bits per heavy atom. The van der Waals surface area contributed by atoms with Gasteiger partial charge in [0.2, 0.25) is 0 Å². The van der Waals surface area contributed by atoms with Gasteiger partial charge in [-0.1, -0.05) is 156 Å². The molecule has 0 amide bonds. The van der Waals surface area contributed by atoms with E-state index in [2.05, 4.69) is 107 Å². The van der Waals surface area contributed by atoms with Crippen LogP contribution >= 0.6 is 17.2 Å². The van der Waals surface area contributed by atoms with E-state index in [1.165, 1.54) is 0 Å². The van der Waals surface area contributed by atoms with Crippen molar-refractivity contribution in [3.63, 3.8) is 0 Å². The highest BCUT2D eigenvalue weighted by molar-refractivity contribution is 7.43. The maximum Gasteiger partial charge on any atom is 0.532 e. The molecule has 6 aromatic rings. The lowest BCUT2D eigenvalue weighted by Gasteiger charge is -2.34. The summed E-state index contributed by atoms with van der Waals surface area (Å²) >= 11 is 0. The van der Waals surface area contributed by atoms with Crippen LogP contribution in [0.5, 0.6) is 23.0 Å². The topological polar surface area (TPSA) is 89.5 Å². The Morgan fingerprint density at radius 1 is 0.417 bits per heavy atom. The monoisotopic (exact) mass is 842 g/mol. The standard InChI is InChI=1S/C50H52O8P2/c1-47(2,3)31-25-37(43(39(27-31)49(7,8)9)55-59-53-41-33-19-15-13-17-29(33)21-23-35(41)45(51)57-59)38-26-32(48(4,5)6)28-40(50(10,11)12)44(38)56-60-54-42-34-20-16-14-18-30(34)22-24-36(42)46(52)58-60/h13-28H,1-12H3. The maximum atomic E-state index is 13.7. The van der Waals surface area contributed by atoms with E-state index in [9.17, 15) is 9.59 Å². The van der Waals surface area contributed by atoms with Crippen LogP contribution in [0.15, 0.2) is 97.1 Å². The molecule has 2 heterocycles. The van der Waals surface area contributed by atoms with Gasteiger partial charge in [0.25, 0.3) is 0 Å². The first-order chi connectivity index (χ1) is 28.1. The van der Waals surface area contributed by atoms with E-state index in [-0.39, 0.29) is 10.8 Å². The molecule has 0 radical (unpaired) electrons. The van der Waals surface area contributed by atoms with E-state index in [1.807, 2.05) is 60.7 Å². The van der Waals surface area contributed by atoms with Crippen molar-refractivity contribution in [3.05, 3.63) is 130 Å². The number of hydrogen-bond acceptors (Lipinski definition) is 8. The van der Waals surface area contributed by atoms with Crippen LogP contribution in [0.25, 0.3) is 32.7 Å². The van der Waals surface area contributed by atoms with E-state index < -0.39 is 40.0 Å². The van der Waals surface area contributed by atoms with Crippen LogP contribution in [0, 0.1) is 0 Å². The Labute approximate surface area is 355 Å². The van der Waals surface area contributed by atoms with Crippen LogP contribution in [0.4, 0.5) is 0 Å². The van der Waals surface area contributed by atoms with Gasteiger partial charge in [0, 0.05) is 33.0 Å². The Bertz CT molecular complexity index is 2520. The Balaban J connectivity index is 1.36. The zero-order chi connectivity index (χ0) is 43.1. The molecule has 60 heavy (non-hydrogen) atoms. The number of fused-ring (bicyclic) bond motifs is 6. The summed E-state index contributed by atoms with van der Waals surface area (Å²) in [6, 6.07) is 31.5. The molecule has 0 N–H and O–H groups in total. The van der Waals surface area contributed by atoms with Crippen LogP contribution in [0.3, 0.4) is 0 Å². The van der Waals surface area contributed by atoms with Gasteiger partial charge >= 0.3 is 29.1 Å². The fraction of sp³-hybridized carbons (Fsp3) is 0.320. The molecule has 0 aromatic heterocycles. The molecule has 0 saturated heterocycles. The van der Waals surface area contributed by atoms with Crippen LogP contribution in [0.1, 0.15) is 126 Å². The largest absolute Gasteiger partial charge is 0.532 e. The average Bonchev–Trinajstić information content (AvgIpc) is 3.16. The SMILES string of the molecule is CC(C)(C)c1cc(-c2cc(C(C)(C)C)cc(C(C)(C)C)c2OP2OC(=O)c3ccc4ccccc4c3O2)c(OP2OC(=O)c3ccc4ccccc4c3O2)c(C(C)(C)C)c1. The Kier molecular flexibility index (Phi) is 10.2. The van der Waals surface area contributed by atoms with Gasteiger partial charge in [-0.3, -0.25) is 0 Å². The third-order valence-electron chi connectivity index (χ3n) is 11.0. The summed E-state index contributed by atoms with van der Waals surface area (Å²) in [4.78, 5) is 27.4. The molecule has 2 atom stereocenters. The number of carbonyl (C=O) groups excluding carboxylic acids is 2. The molecule has 8 rings (SSSR count). The van der Waals surface area contributed by atoms with Gasteiger partial charge in [-0.05, 0) is 67.8 Å². The maximum absolute atomic E-state index is 13.7. The van der Waals surface area contributed by atoms with E-state index >= 15 is 0 Å². The lowest BCUT2D eigenvalue weighted by atomic mass is 9.75. The number of hydrogen-bond donors (Lipinski definition) is 0.